The standard InChI is InChI=1S/C17H17N7/c18-7-14-2-1-3-15(6-14)8-22-4-5-23-9-16(21-17(23)11-22)10-24-13-19-12-20-24/h1-3,6,9,12-13H,4-5,8,10-11H2. The van der Waals surface area contributed by atoms with E-state index in [1.165, 1.54) is 6.33 Å². The van der Waals surface area contributed by atoms with Gasteiger partial charge >= 0.3 is 0 Å². The Bertz CT molecular complexity index is 873. The molecule has 0 bridgehead atoms. The fourth-order valence-electron chi connectivity index (χ4n) is 3.05. The number of hydrogen-bond donors (Lipinski definition) is 0. The van der Waals surface area contributed by atoms with E-state index in [1.807, 2.05) is 18.2 Å². The summed E-state index contributed by atoms with van der Waals surface area (Å²) in [6.07, 6.45) is 5.34. The van der Waals surface area contributed by atoms with Gasteiger partial charge in [0.15, 0.2) is 0 Å². The van der Waals surface area contributed by atoms with Gasteiger partial charge in [-0.15, -0.1) is 0 Å². The third kappa shape index (κ3) is 3.05. The minimum Gasteiger partial charge on any atom is -0.332 e. The summed E-state index contributed by atoms with van der Waals surface area (Å²) in [5.41, 5.74) is 2.88. The van der Waals surface area contributed by atoms with Crippen molar-refractivity contribution in [1.29, 1.82) is 5.26 Å². The Labute approximate surface area is 139 Å². The summed E-state index contributed by atoms with van der Waals surface area (Å²) in [5, 5.41) is 13.1. The van der Waals surface area contributed by atoms with Gasteiger partial charge in [0.2, 0.25) is 0 Å². The normalized spacial score (nSPS) is 14.3. The van der Waals surface area contributed by atoms with E-state index in [4.69, 9.17) is 10.2 Å². The molecule has 7 heteroatoms. The van der Waals surface area contributed by atoms with E-state index in [2.05, 4.69) is 37.9 Å². The maximum atomic E-state index is 9.02. The van der Waals surface area contributed by atoms with Gasteiger partial charge in [0, 0.05) is 25.8 Å². The van der Waals surface area contributed by atoms with E-state index in [9.17, 15) is 0 Å². The van der Waals surface area contributed by atoms with Crippen LogP contribution in [0.25, 0.3) is 0 Å². The number of benzene rings is 1. The van der Waals surface area contributed by atoms with Crippen LogP contribution in [0.1, 0.15) is 22.6 Å². The predicted octanol–water partition coefficient (Wildman–Crippen LogP) is 1.41. The summed E-state index contributed by atoms with van der Waals surface area (Å²) in [4.78, 5) is 11.1. The summed E-state index contributed by atoms with van der Waals surface area (Å²) in [6, 6.07) is 9.99. The molecule has 24 heavy (non-hydrogen) atoms. The highest BCUT2D eigenvalue weighted by Gasteiger charge is 2.19. The first-order chi connectivity index (χ1) is 11.8. The molecule has 1 aromatic carbocycles. The molecule has 0 unspecified atom stereocenters. The Morgan fingerprint density at radius 3 is 3.00 bits per heavy atom. The molecule has 0 N–H and O–H groups in total. The second-order valence-corrected chi connectivity index (χ2v) is 5.96. The average molecular weight is 319 g/mol. The van der Waals surface area contributed by atoms with Crippen LogP contribution in [-0.4, -0.2) is 35.8 Å². The number of nitrogens with zero attached hydrogens (tertiary/aromatic N) is 7. The lowest BCUT2D eigenvalue weighted by Crippen LogP contribution is -2.33. The molecule has 0 atom stereocenters. The fourth-order valence-corrected chi connectivity index (χ4v) is 3.05. The molecular weight excluding hydrogens is 302 g/mol. The zero-order chi connectivity index (χ0) is 16.4. The molecule has 3 aromatic rings. The molecule has 0 spiro atoms. The van der Waals surface area contributed by atoms with Crippen LogP contribution in [0.5, 0.6) is 0 Å². The highest BCUT2D eigenvalue weighted by atomic mass is 15.3. The molecule has 120 valence electrons. The van der Waals surface area contributed by atoms with E-state index in [-0.39, 0.29) is 0 Å². The number of rotatable bonds is 4. The van der Waals surface area contributed by atoms with Crippen molar-refractivity contribution < 1.29 is 0 Å². The topological polar surface area (TPSA) is 75.6 Å². The minimum absolute atomic E-state index is 0.643. The SMILES string of the molecule is N#Cc1cccc(CN2CCn3cc(Cn4cncn4)nc3C2)c1. The number of nitriles is 1. The van der Waals surface area contributed by atoms with Crippen molar-refractivity contribution in [2.45, 2.75) is 26.2 Å². The summed E-state index contributed by atoms with van der Waals surface area (Å²) < 4.78 is 3.99. The van der Waals surface area contributed by atoms with Gasteiger partial charge < -0.3 is 4.57 Å². The number of fused-ring (bicyclic) bond motifs is 1. The lowest BCUT2D eigenvalue weighted by Gasteiger charge is -2.27. The van der Waals surface area contributed by atoms with Gasteiger partial charge in [-0.1, -0.05) is 12.1 Å². The monoisotopic (exact) mass is 319 g/mol. The van der Waals surface area contributed by atoms with Crippen LogP contribution in [0, 0.1) is 11.3 Å². The van der Waals surface area contributed by atoms with Gasteiger partial charge in [0.05, 0.1) is 30.4 Å². The van der Waals surface area contributed by atoms with Crippen molar-refractivity contribution >= 4 is 0 Å². The smallest absolute Gasteiger partial charge is 0.137 e. The van der Waals surface area contributed by atoms with Crippen LogP contribution < -0.4 is 0 Å². The number of hydrogen-bond acceptors (Lipinski definition) is 5. The van der Waals surface area contributed by atoms with E-state index in [0.717, 1.165) is 43.3 Å². The second-order valence-electron chi connectivity index (χ2n) is 5.96. The summed E-state index contributed by atoms with van der Waals surface area (Å²) in [5.74, 6) is 1.08. The Hall–Kier alpha value is -2.98. The van der Waals surface area contributed by atoms with Gasteiger partial charge in [-0.25, -0.2) is 14.6 Å². The Morgan fingerprint density at radius 2 is 2.17 bits per heavy atom. The zero-order valence-corrected chi connectivity index (χ0v) is 13.2. The molecule has 0 amide bonds. The molecule has 7 nitrogen and oxygen atoms in total. The summed E-state index contributed by atoms with van der Waals surface area (Å²) in [6.45, 7) is 4.19. The third-order valence-electron chi connectivity index (χ3n) is 4.18. The third-order valence-corrected chi connectivity index (χ3v) is 4.18. The van der Waals surface area contributed by atoms with Crippen molar-refractivity contribution in [3.05, 3.63) is 65.8 Å². The molecule has 1 aliphatic heterocycles. The Kier molecular flexibility index (Phi) is 3.81. The van der Waals surface area contributed by atoms with Crippen molar-refractivity contribution in [1.82, 2.24) is 29.2 Å². The van der Waals surface area contributed by atoms with Crippen LogP contribution in [0.15, 0.2) is 43.1 Å². The first-order valence-electron chi connectivity index (χ1n) is 7.89. The molecule has 0 radical (unpaired) electrons. The average Bonchev–Trinajstić information content (AvgIpc) is 3.24. The van der Waals surface area contributed by atoms with E-state index >= 15 is 0 Å². The van der Waals surface area contributed by atoms with E-state index < -0.39 is 0 Å². The van der Waals surface area contributed by atoms with Crippen LogP contribution in [0.2, 0.25) is 0 Å². The van der Waals surface area contributed by atoms with Crippen molar-refractivity contribution in [2.75, 3.05) is 6.54 Å². The largest absolute Gasteiger partial charge is 0.332 e. The van der Waals surface area contributed by atoms with E-state index in [0.29, 0.717) is 12.1 Å². The highest BCUT2D eigenvalue weighted by molar-refractivity contribution is 5.32. The predicted molar refractivity (Wildman–Crippen MR) is 86.6 cm³/mol. The number of aromatic nitrogens is 5. The van der Waals surface area contributed by atoms with Crippen molar-refractivity contribution in [3.63, 3.8) is 0 Å². The molecule has 0 saturated carbocycles. The Balaban J connectivity index is 1.45. The van der Waals surface area contributed by atoms with Gasteiger partial charge in [-0.3, -0.25) is 4.90 Å². The number of imidazole rings is 1. The van der Waals surface area contributed by atoms with Gasteiger partial charge in [0.25, 0.3) is 0 Å². The summed E-state index contributed by atoms with van der Waals surface area (Å²) in [7, 11) is 0. The lowest BCUT2D eigenvalue weighted by atomic mass is 10.1. The molecule has 3 heterocycles. The van der Waals surface area contributed by atoms with Gasteiger partial charge in [-0.05, 0) is 17.7 Å². The van der Waals surface area contributed by atoms with Crippen LogP contribution >= 0.6 is 0 Å². The fraction of sp³-hybridized carbons (Fsp3) is 0.294. The molecule has 1 aliphatic rings. The van der Waals surface area contributed by atoms with Gasteiger partial charge in [0.1, 0.15) is 18.5 Å². The highest BCUT2D eigenvalue weighted by Crippen LogP contribution is 2.16. The zero-order valence-electron chi connectivity index (χ0n) is 13.2. The Morgan fingerprint density at radius 1 is 1.21 bits per heavy atom. The second kappa shape index (κ2) is 6.26. The molecule has 0 saturated heterocycles. The minimum atomic E-state index is 0.643. The maximum absolute atomic E-state index is 9.02. The first-order valence-corrected chi connectivity index (χ1v) is 7.89. The van der Waals surface area contributed by atoms with E-state index in [1.54, 1.807) is 11.0 Å². The molecule has 0 aliphatic carbocycles. The molecule has 4 rings (SSSR count). The van der Waals surface area contributed by atoms with Crippen molar-refractivity contribution in [2.24, 2.45) is 0 Å². The summed E-state index contributed by atoms with van der Waals surface area (Å²) >= 11 is 0. The molecular formula is C17H17N7. The van der Waals surface area contributed by atoms with Crippen LogP contribution in [0.4, 0.5) is 0 Å². The first kappa shape index (κ1) is 14.6. The van der Waals surface area contributed by atoms with Gasteiger partial charge in [-0.2, -0.15) is 10.4 Å². The molecule has 0 fully saturated rings. The quantitative estimate of drug-likeness (QED) is 0.727. The maximum Gasteiger partial charge on any atom is 0.137 e. The van der Waals surface area contributed by atoms with Crippen LogP contribution in [0.3, 0.4) is 0 Å². The van der Waals surface area contributed by atoms with Crippen LogP contribution in [-0.2, 0) is 26.2 Å². The lowest BCUT2D eigenvalue weighted by molar-refractivity contribution is 0.209. The molecule has 2 aromatic heterocycles. The van der Waals surface area contributed by atoms with Crippen molar-refractivity contribution in [3.8, 4) is 6.07 Å².